The summed E-state index contributed by atoms with van der Waals surface area (Å²) in [7, 11) is 2.79. The van der Waals surface area contributed by atoms with Crippen LogP contribution in [0.5, 0.6) is 0 Å². The first kappa shape index (κ1) is 11.2. The minimum atomic E-state index is 0.934. The first-order chi connectivity index (χ1) is 6.70. The van der Waals surface area contributed by atoms with Crippen LogP contribution in [0.3, 0.4) is 0 Å². The molecule has 1 atom stereocenters. The molecule has 0 aliphatic carbocycles. The summed E-state index contributed by atoms with van der Waals surface area (Å²) in [5.74, 6) is 0. The average molecular weight is 204 g/mol. The van der Waals surface area contributed by atoms with Crippen LogP contribution in [0, 0.1) is 6.92 Å². The predicted octanol–water partition coefficient (Wildman–Crippen LogP) is 2.95. The van der Waals surface area contributed by atoms with Gasteiger partial charge in [0.25, 0.3) is 0 Å². The second kappa shape index (κ2) is 5.12. The van der Waals surface area contributed by atoms with E-state index in [0.29, 0.717) is 0 Å². The van der Waals surface area contributed by atoms with Crippen molar-refractivity contribution in [2.45, 2.75) is 19.8 Å². The summed E-state index contributed by atoms with van der Waals surface area (Å²) in [6, 6.07) is 4.30. The van der Waals surface area contributed by atoms with Crippen LogP contribution in [0.4, 0.5) is 0 Å². The fourth-order valence-electron chi connectivity index (χ4n) is 1.64. The lowest BCUT2D eigenvalue weighted by molar-refractivity contribution is 1.13. The lowest BCUT2D eigenvalue weighted by Crippen LogP contribution is -2.07. The van der Waals surface area contributed by atoms with Crippen molar-refractivity contribution < 1.29 is 0 Å². The highest BCUT2D eigenvalue weighted by Crippen LogP contribution is 2.16. The van der Waals surface area contributed by atoms with Gasteiger partial charge in [0, 0.05) is 0 Å². The topological polar surface area (TPSA) is 0 Å². The molecule has 0 radical (unpaired) electrons. The molecule has 0 amide bonds. The van der Waals surface area contributed by atoms with E-state index < -0.39 is 0 Å². The highest BCUT2D eigenvalue weighted by Gasteiger charge is 2.05. The number of benzene rings is 1. The standard InChI is InChI=1S/C13H17P/c1-4-6-11-10(3)8-9-13(14)12(11)7-5-2/h4-5,8-9H,1-2,6-7,14H2,3H3. The van der Waals surface area contributed by atoms with Gasteiger partial charge in [-0.3, -0.25) is 0 Å². The maximum absolute atomic E-state index is 3.80. The molecule has 0 bridgehead atoms. The van der Waals surface area contributed by atoms with Crippen molar-refractivity contribution in [2.24, 2.45) is 0 Å². The van der Waals surface area contributed by atoms with Gasteiger partial charge in [-0.15, -0.1) is 22.4 Å². The zero-order chi connectivity index (χ0) is 10.6. The Morgan fingerprint density at radius 2 is 1.71 bits per heavy atom. The van der Waals surface area contributed by atoms with E-state index in [4.69, 9.17) is 0 Å². The highest BCUT2D eigenvalue weighted by atomic mass is 31.0. The number of aryl methyl sites for hydroxylation is 1. The number of allylic oxidation sites excluding steroid dienone is 2. The number of rotatable bonds is 4. The van der Waals surface area contributed by atoms with Crippen LogP contribution in [-0.4, -0.2) is 0 Å². The molecule has 0 N–H and O–H groups in total. The van der Waals surface area contributed by atoms with Crippen molar-refractivity contribution in [1.82, 2.24) is 0 Å². The van der Waals surface area contributed by atoms with Crippen molar-refractivity contribution in [3.05, 3.63) is 54.1 Å². The third-order valence-electron chi connectivity index (χ3n) is 2.40. The van der Waals surface area contributed by atoms with Gasteiger partial charge in [-0.2, -0.15) is 0 Å². The summed E-state index contributed by atoms with van der Waals surface area (Å²) in [5.41, 5.74) is 4.12. The predicted molar refractivity (Wildman–Crippen MR) is 68.3 cm³/mol. The molecule has 0 nitrogen and oxygen atoms in total. The summed E-state index contributed by atoms with van der Waals surface area (Å²) in [4.78, 5) is 0. The minimum absolute atomic E-state index is 0.934. The van der Waals surface area contributed by atoms with E-state index in [-0.39, 0.29) is 0 Å². The van der Waals surface area contributed by atoms with Gasteiger partial charge in [0.05, 0.1) is 0 Å². The van der Waals surface area contributed by atoms with Crippen LogP contribution in [0.25, 0.3) is 0 Å². The van der Waals surface area contributed by atoms with E-state index in [2.05, 4.69) is 41.5 Å². The summed E-state index contributed by atoms with van der Waals surface area (Å²) >= 11 is 0. The van der Waals surface area contributed by atoms with E-state index >= 15 is 0 Å². The molecule has 0 heterocycles. The summed E-state index contributed by atoms with van der Waals surface area (Å²) in [6.45, 7) is 9.74. The summed E-state index contributed by atoms with van der Waals surface area (Å²) < 4.78 is 0. The van der Waals surface area contributed by atoms with E-state index in [1.54, 1.807) is 0 Å². The molecule has 14 heavy (non-hydrogen) atoms. The molecule has 1 aromatic rings. The maximum Gasteiger partial charge on any atom is -0.00910 e. The van der Waals surface area contributed by atoms with Gasteiger partial charge in [-0.05, 0) is 41.8 Å². The Balaban J connectivity index is 3.24. The Morgan fingerprint density at radius 3 is 2.29 bits per heavy atom. The SMILES string of the molecule is C=CCc1c(C)ccc(P)c1CC=C. The molecule has 0 aromatic heterocycles. The number of hydrogen-bond donors (Lipinski definition) is 0. The van der Waals surface area contributed by atoms with E-state index in [1.807, 2.05) is 12.2 Å². The molecular weight excluding hydrogens is 187 g/mol. The van der Waals surface area contributed by atoms with Crippen LogP contribution in [0.1, 0.15) is 16.7 Å². The minimum Gasteiger partial charge on any atom is -0.105 e. The third-order valence-corrected chi connectivity index (χ3v) is 2.94. The van der Waals surface area contributed by atoms with Crippen LogP contribution in [0.15, 0.2) is 37.4 Å². The van der Waals surface area contributed by atoms with Gasteiger partial charge in [-0.25, -0.2) is 0 Å². The van der Waals surface area contributed by atoms with Gasteiger partial charge in [-0.1, -0.05) is 24.3 Å². The zero-order valence-electron chi connectivity index (χ0n) is 8.72. The quantitative estimate of drug-likeness (QED) is 0.522. The molecule has 0 spiro atoms. The Bertz CT molecular complexity index is 315. The van der Waals surface area contributed by atoms with Crippen LogP contribution >= 0.6 is 9.24 Å². The van der Waals surface area contributed by atoms with Crippen molar-refractivity contribution in [1.29, 1.82) is 0 Å². The lowest BCUT2D eigenvalue weighted by Gasteiger charge is -2.12. The Hall–Kier alpha value is -0.870. The van der Waals surface area contributed by atoms with Gasteiger partial charge in [0.2, 0.25) is 0 Å². The second-order valence-electron chi connectivity index (χ2n) is 3.41. The van der Waals surface area contributed by atoms with Gasteiger partial charge >= 0.3 is 0 Å². The molecule has 0 saturated heterocycles. The lowest BCUT2D eigenvalue weighted by atomic mass is 9.97. The molecule has 0 fully saturated rings. The monoisotopic (exact) mass is 204 g/mol. The van der Waals surface area contributed by atoms with E-state index in [9.17, 15) is 0 Å². The van der Waals surface area contributed by atoms with Crippen molar-refractivity contribution >= 4 is 14.5 Å². The largest absolute Gasteiger partial charge is 0.105 e. The molecule has 0 saturated carbocycles. The van der Waals surface area contributed by atoms with Crippen molar-refractivity contribution in [3.8, 4) is 0 Å². The fraction of sp³-hybridized carbons (Fsp3) is 0.231. The maximum atomic E-state index is 3.80. The first-order valence-corrected chi connectivity index (χ1v) is 5.37. The van der Waals surface area contributed by atoms with Gasteiger partial charge < -0.3 is 0 Å². The summed E-state index contributed by atoms with van der Waals surface area (Å²) in [5, 5.41) is 1.27. The van der Waals surface area contributed by atoms with Gasteiger partial charge in [0.15, 0.2) is 0 Å². The molecule has 1 rings (SSSR count). The first-order valence-electron chi connectivity index (χ1n) is 4.79. The highest BCUT2D eigenvalue weighted by molar-refractivity contribution is 7.27. The molecule has 1 heteroatoms. The van der Waals surface area contributed by atoms with Crippen LogP contribution in [0.2, 0.25) is 0 Å². The molecule has 0 aliphatic rings. The Morgan fingerprint density at radius 1 is 1.14 bits per heavy atom. The van der Waals surface area contributed by atoms with E-state index in [0.717, 1.165) is 12.8 Å². The molecule has 1 unspecified atom stereocenters. The molecule has 74 valence electrons. The third kappa shape index (κ3) is 2.33. The average Bonchev–Trinajstić information content (AvgIpc) is 2.17. The molecule has 0 aliphatic heterocycles. The summed E-state index contributed by atoms with van der Waals surface area (Å²) in [6.07, 6.45) is 5.79. The van der Waals surface area contributed by atoms with Crippen molar-refractivity contribution in [3.63, 3.8) is 0 Å². The van der Waals surface area contributed by atoms with E-state index in [1.165, 1.54) is 22.0 Å². The zero-order valence-corrected chi connectivity index (χ0v) is 9.87. The van der Waals surface area contributed by atoms with Gasteiger partial charge in [0.1, 0.15) is 0 Å². The van der Waals surface area contributed by atoms with Crippen LogP contribution < -0.4 is 5.30 Å². The second-order valence-corrected chi connectivity index (χ2v) is 4.04. The Labute approximate surface area is 88.9 Å². The van der Waals surface area contributed by atoms with Crippen LogP contribution in [-0.2, 0) is 12.8 Å². The molecular formula is C13H17P. The Kier molecular flexibility index (Phi) is 4.10. The normalized spacial score (nSPS) is 9.86. The smallest absolute Gasteiger partial charge is 0.00910 e. The van der Waals surface area contributed by atoms with Crippen molar-refractivity contribution in [2.75, 3.05) is 0 Å². The number of hydrogen-bond acceptors (Lipinski definition) is 0. The fourth-order valence-corrected chi connectivity index (χ4v) is 2.03. The molecule has 1 aromatic carbocycles.